The lowest BCUT2D eigenvalue weighted by molar-refractivity contribution is -0.132. The summed E-state index contributed by atoms with van der Waals surface area (Å²) >= 11 is 4.30. The van der Waals surface area contributed by atoms with Crippen LogP contribution in [-0.4, -0.2) is 29.1 Å². The van der Waals surface area contributed by atoms with E-state index in [1.165, 1.54) is 11.2 Å². The van der Waals surface area contributed by atoms with E-state index in [4.69, 9.17) is 4.42 Å². The van der Waals surface area contributed by atoms with Crippen LogP contribution in [0.4, 0.5) is 4.79 Å². The number of urea groups is 1. The van der Waals surface area contributed by atoms with Crippen molar-refractivity contribution in [3.05, 3.63) is 24.2 Å². The molecule has 0 aliphatic carbocycles. The van der Waals surface area contributed by atoms with Crippen molar-refractivity contribution in [1.29, 1.82) is 0 Å². The van der Waals surface area contributed by atoms with Crippen LogP contribution >= 0.6 is 12.6 Å². The number of thiol groups is 1. The van der Waals surface area contributed by atoms with E-state index in [0.29, 0.717) is 24.0 Å². The van der Waals surface area contributed by atoms with Gasteiger partial charge < -0.3 is 9.73 Å². The molecular formula is C14H20N2O3S. The fourth-order valence-electron chi connectivity index (χ4n) is 2.31. The molecule has 6 heteroatoms. The fraction of sp³-hybridized carbons (Fsp3) is 0.571. The van der Waals surface area contributed by atoms with Crippen molar-refractivity contribution in [3.8, 4) is 0 Å². The molecule has 110 valence electrons. The molecule has 0 spiro atoms. The monoisotopic (exact) mass is 296 g/mol. The topological polar surface area (TPSA) is 62.6 Å². The summed E-state index contributed by atoms with van der Waals surface area (Å²) in [6.45, 7) is 6.16. The summed E-state index contributed by atoms with van der Waals surface area (Å²) < 4.78 is 5.29. The van der Waals surface area contributed by atoms with Crippen LogP contribution in [0.2, 0.25) is 0 Å². The molecular weight excluding hydrogens is 276 g/mol. The highest BCUT2D eigenvalue weighted by atomic mass is 32.1. The maximum atomic E-state index is 12.6. The molecule has 1 aliphatic rings. The SMILES string of the molecule is CC(C)C(CS)CN1C(=O)NC(C)(c2ccco2)C1=O. The van der Waals surface area contributed by atoms with Crippen LogP contribution < -0.4 is 5.32 Å². The van der Waals surface area contributed by atoms with Crippen LogP contribution in [0.15, 0.2) is 22.8 Å². The molecule has 20 heavy (non-hydrogen) atoms. The zero-order valence-electron chi connectivity index (χ0n) is 11.9. The fourth-order valence-corrected chi connectivity index (χ4v) is 2.84. The number of rotatable bonds is 5. The van der Waals surface area contributed by atoms with Gasteiger partial charge in [-0.2, -0.15) is 12.6 Å². The second-order valence-electron chi connectivity index (χ2n) is 5.63. The van der Waals surface area contributed by atoms with Crippen LogP contribution in [0.1, 0.15) is 26.5 Å². The Kier molecular flexibility index (Phi) is 4.13. The summed E-state index contributed by atoms with van der Waals surface area (Å²) in [4.78, 5) is 25.9. The number of hydrogen-bond acceptors (Lipinski definition) is 4. The summed E-state index contributed by atoms with van der Waals surface area (Å²) in [6.07, 6.45) is 1.49. The molecule has 2 heterocycles. The highest BCUT2D eigenvalue weighted by molar-refractivity contribution is 7.80. The van der Waals surface area contributed by atoms with E-state index in [9.17, 15) is 9.59 Å². The first-order valence-corrected chi connectivity index (χ1v) is 7.32. The second-order valence-corrected chi connectivity index (χ2v) is 6.00. The van der Waals surface area contributed by atoms with Gasteiger partial charge in [0, 0.05) is 6.54 Å². The standard InChI is InChI=1S/C14H20N2O3S/c1-9(2)10(8-20)7-16-12(17)14(3,15-13(16)18)11-5-4-6-19-11/h4-6,9-10,20H,7-8H2,1-3H3,(H,15,18). The Morgan fingerprint density at radius 1 is 1.45 bits per heavy atom. The lowest BCUT2D eigenvalue weighted by Gasteiger charge is -2.24. The number of carbonyl (C=O) groups is 2. The quantitative estimate of drug-likeness (QED) is 0.647. The number of carbonyl (C=O) groups excluding carboxylic acids is 2. The van der Waals surface area contributed by atoms with E-state index in [-0.39, 0.29) is 17.9 Å². The van der Waals surface area contributed by atoms with Crippen molar-refractivity contribution >= 4 is 24.6 Å². The minimum absolute atomic E-state index is 0.173. The lowest BCUT2D eigenvalue weighted by Crippen LogP contribution is -2.41. The first-order valence-electron chi connectivity index (χ1n) is 6.69. The van der Waals surface area contributed by atoms with Crippen molar-refractivity contribution in [1.82, 2.24) is 10.2 Å². The van der Waals surface area contributed by atoms with Crippen LogP contribution in [0.25, 0.3) is 0 Å². The highest BCUT2D eigenvalue weighted by Gasteiger charge is 2.51. The first-order chi connectivity index (χ1) is 9.40. The van der Waals surface area contributed by atoms with Gasteiger partial charge in [0.1, 0.15) is 5.76 Å². The summed E-state index contributed by atoms with van der Waals surface area (Å²) in [5.74, 6) is 1.33. The number of hydrogen-bond donors (Lipinski definition) is 2. The largest absolute Gasteiger partial charge is 0.466 e. The van der Waals surface area contributed by atoms with E-state index in [0.717, 1.165) is 0 Å². The van der Waals surface area contributed by atoms with Crippen LogP contribution in [0.5, 0.6) is 0 Å². The third kappa shape index (κ3) is 2.44. The Hall–Kier alpha value is -1.43. The Morgan fingerprint density at radius 2 is 2.15 bits per heavy atom. The van der Waals surface area contributed by atoms with Crippen molar-refractivity contribution < 1.29 is 14.0 Å². The normalized spacial score (nSPS) is 24.4. The molecule has 0 radical (unpaired) electrons. The molecule has 0 bridgehead atoms. The zero-order chi connectivity index (χ0) is 14.9. The molecule has 2 unspecified atom stereocenters. The van der Waals surface area contributed by atoms with Crippen molar-refractivity contribution in [3.63, 3.8) is 0 Å². The van der Waals surface area contributed by atoms with E-state index in [1.807, 2.05) is 0 Å². The number of amides is 3. The van der Waals surface area contributed by atoms with Crippen LogP contribution in [0.3, 0.4) is 0 Å². The lowest BCUT2D eigenvalue weighted by atomic mass is 9.96. The van der Waals surface area contributed by atoms with E-state index >= 15 is 0 Å². The Balaban J connectivity index is 2.21. The molecule has 1 aromatic heterocycles. The summed E-state index contributed by atoms with van der Waals surface area (Å²) in [6, 6.07) is 3.02. The van der Waals surface area contributed by atoms with Gasteiger partial charge in [0.25, 0.3) is 5.91 Å². The Morgan fingerprint density at radius 3 is 2.65 bits per heavy atom. The van der Waals surface area contributed by atoms with E-state index < -0.39 is 5.54 Å². The minimum atomic E-state index is -1.11. The van der Waals surface area contributed by atoms with Gasteiger partial charge >= 0.3 is 6.03 Å². The van der Waals surface area contributed by atoms with E-state index in [1.54, 1.807) is 19.1 Å². The number of furan rings is 1. The molecule has 2 rings (SSSR count). The number of imide groups is 1. The van der Waals surface area contributed by atoms with Gasteiger partial charge in [-0.05, 0) is 36.6 Å². The van der Waals surface area contributed by atoms with Gasteiger partial charge in [-0.3, -0.25) is 9.69 Å². The number of nitrogens with one attached hydrogen (secondary N) is 1. The molecule has 2 atom stereocenters. The van der Waals surface area contributed by atoms with E-state index in [2.05, 4.69) is 31.8 Å². The summed E-state index contributed by atoms with van der Waals surface area (Å²) in [7, 11) is 0. The van der Waals surface area contributed by atoms with Crippen molar-refractivity contribution in [2.75, 3.05) is 12.3 Å². The number of nitrogens with zero attached hydrogens (tertiary/aromatic N) is 1. The molecule has 1 N–H and O–H groups in total. The second kappa shape index (κ2) is 5.52. The first kappa shape index (κ1) is 15.0. The van der Waals surface area contributed by atoms with Gasteiger partial charge in [-0.15, -0.1) is 0 Å². The van der Waals surface area contributed by atoms with Crippen molar-refractivity contribution in [2.24, 2.45) is 11.8 Å². The molecule has 1 fully saturated rings. The Labute approximate surface area is 124 Å². The predicted octanol–water partition coefficient (Wildman–Crippen LogP) is 2.25. The molecule has 1 saturated heterocycles. The van der Waals surface area contributed by atoms with Crippen LogP contribution in [0, 0.1) is 11.8 Å². The zero-order valence-corrected chi connectivity index (χ0v) is 12.8. The molecule has 1 aliphatic heterocycles. The van der Waals surface area contributed by atoms with Gasteiger partial charge in [0.15, 0.2) is 5.54 Å². The van der Waals surface area contributed by atoms with Crippen molar-refractivity contribution in [2.45, 2.75) is 26.3 Å². The van der Waals surface area contributed by atoms with Gasteiger partial charge in [0.05, 0.1) is 6.26 Å². The predicted molar refractivity (Wildman–Crippen MR) is 78.5 cm³/mol. The molecule has 3 amide bonds. The highest BCUT2D eigenvalue weighted by Crippen LogP contribution is 2.30. The third-order valence-electron chi connectivity index (χ3n) is 3.88. The smallest absolute Gasteiger partial charge is 0.325 e. The molecule has 0 saturated carbocycles. The van der Waals surface area contributed by atoms with Gasteiger partial charge in [-0.25, -0.2) is 4.79 Å². The Bertz CT molecular complexity index is 501. The average Bonchev–Trinajstić information content (AvgIpc) is 2.98. The summed E-state index contributed by atoms with van der Waals surface area (Å²) in [5, 5.41) is 2.72. The molecule has 1 aromatic rings. The maximum absolute atomic E-state index is 12.6. The van der Waals surface area contributed by atoms with Gasteiger partial charge in [-0.1, -0.05) is 13.8 Å². The average molecular weight is 296 g/mol. The van der Waals surface area contributed by atoms with Crippen LogP contribution in [-0.2, 0) is 10.3 Å². The van der Waals surface area contributed by atoms with Gasteiger partial charge in [0.2, 0.25) is 0 Å². The maximum Gasteiger partial charge on any atom is 0.325 e. The summed E-state index contributed by atoms with van der Waals surface area (Å²) in [5.41, 5.74) is -1.11. The molecule has 5 nitrogen and oxygen atoms in total. The molecule has 0 aromatic carbocycles. The minimum Gasteiger partial charge on any atom is -0.466 e. The third-order valence-corrected chi connectivity index (χ3v) is 4.35.